The molecule has 1 unspecified atom stereocenters. The molecule has 2 heterocycles. The van der Waals surface area contributed by atoms with E-state index in [1.54, 1.807) is 23.5 Å². The van der Waals surface area contributed by atoms with Crippen molar-refractivity contribution in [2.75, 3.05) is 6.54 Å². The van der Waals surface area contributed by atoms with Crippen molar-refractivity contribution >= 4 is 33.0 Å². The lowest BCUT2D eigenvalue weighted by Gasteiger charge is -2.19. The average Bonchev–Trinajstić information content (AvgIpc) is 3.18. The van der Waals surface area contributed by atoms with E-state index in [1.807, 2.05) is 42.1 Å². The smallest absolute Gasteiger partial charge is 0.240 e. The van der Waals surface area contributed by atoms with Gasteiger partial charge in [-0.3, -0.25) is 4.68 Å². The second-order valence-corrected chi connectivity index (χ2v) is 8.89. The fraction of sp³-hybridized carbons (Fsp3) is 0.235. The number of halogens is 1. The van der Waals surface area contributed by atoms with Crippen LogP contribution in [0.2, 0.25) is 5.02 Å². The number of aryl methyl sites for hydroxylation is 2. The molecule has 8 heteroatoms. The van der Waals surface area contributed by atoms with Crippen LogP contribution < -0.4 is 4.72 Å². The van der Waals surface area contributed by atoms with E-state index in [0.29, 0.717) is 5.02 Å². The molecule has 0 bridgehead atoms. The molecule has 0 aliphatic carbocycles. The Morgan fingerprint density at radius 3 is 2.52 bits per heavy atom. The first-order valence-electron chi connectivity index (χ1n) is 7.68. The quantitative estimate of drug-likeness (QED) is 0.690. The maximum Gasteiger partial charge on any atom is 0.240 e. The Hall–Kier alpha value is -1.67. The van der Waals surface area contributed by atoms with E-state index in [1.165, 1.54) is 12.1 Å². The van der Waals surface area contributed by atoms with Gasteiger partial charge in [-0.15, -0.1) is 11.3 Å². The van der Waals surface area contributed by atoms with Crippen molar-refractivity contribution in [1.29, 1.82) is 0 Å². The first-order chi connectivity index (χ1) is 11.9. The highest BCUT2D eigenvalue weighted by Crippen LogP contribution is 2.25. The zero-order valence-corrected chi connectivity index (χ0v) is 16.2. The molecule has 2 aromatic heterocycles. The molecular formula is C17H18ClN3O2S2. The second-order valence-electron chi connectivity index (χ2n) is 5.71. The summed E-state index contributed by atoms with van der Waals surface area (Å²) in [4.78, 5) is 1.24. The molecule has 5 nitrogen and oxygen atoms in total. The number of sulfonamides is 1. The van der Waals surface area contributed by atoms with Crippen LogP contribution in [0, 0.1) is 13.8 Å². The molecule has 132 valence electrons. The number of benzene rings is 1. The molecule has 0 saturated carbocycles. The molecule has 1 aromatic carbocycles. The maximum absolute atomic E-state index is 12.6. The highest BCUT2D eigenvalue weighted by Gasteiger charge is 2.22. The number of hydrogen-bond acceptors (Lipinski definition) is 4. The number of nitrogens with zero attached hydrogens (tertiary/aromatic N) is 2. The lowest BCUT2D eigenvalue weighted by molar-refractivity contribution is 0.499. The van der Waals surface area contributed by atoms with E-state index in [9.17, 15) is 8.42 Å². The van der Waals surface area contributed by atoms with Crippen molar-refractivity contribution in [2.45, 2.75) is 24.8 Å². The molecule has 0 radical (unpaired) electrons. The third kappa shape index (κ3) is 4.12. The summed E-state index contributed by atoms with van der Waals surface area (Å²) in [6.07, 6.45) is 0. The molecule has 1 N–H and O–H groups in total. The van der Waals surface area contributed by atoms with Gasteiger partial charge in [0.15, 0.2) is 0 Å². The molecule has 3 aromatic rings. The summed E-state index contributed by atoms with van der Waals surface area (Å²) in [7, 11) is -3.62. The van der Waals surface area contributed by atoms with Crippen molar-refractivity contribution in [3.05, 3.63) is 69.1 Å². The summed E-state index contributed by atoms with van der Waals surface area (Å²) in [6.45, 7) is 4.11. The first-order valence-corrected chi connectivity index (χ1v) is 10.4. The number of hydrogen-bond donors (Lipinski definition) is 1. The normalized spacial score (nSPS) is 13.1. The summed E-state index contributed by atoms with van der Waals surface area (Å²) in [5, 5.41) is 6.99. The molecule has 1 atom stereocenters. The number of nitrogens with one attached hydrogen (secondary N) is 1. The van der Waals surface area contributed by atoms with Gasteiger partial charge in [0.2, 0.25) is 10.0 Å². The Morgan fingerprint density at radius 1 is 1.24 bits per heavy atom. The highest BCUT2D eigenvalue weighted by molar-refractivity contribution is 7.89. The second kappa shape index (κ2) is 7.29. The van der Waals surface area contributed by atoms with Gasteiger partial charge in [-0.1, -0.05) is 17.7 Å². The fourth-order valence-corrected chi connectivity index (χ4v) is 4.61. The van der Waals surface area contributed by atoms with Gasteiger partial charge in [-0.2, -0.15) is 5.10 Å². The van der Waals surface area contributed by atoms with E-state index >= 15 is 0 Å². The minimum Gasteiger partial charge on any atom is -0.260 e. The first kappa shape index (κ1) is 18.1. The molecule has 0 aliphatic heterocycles. The third-order valence-corrected chi connectivity index (χ3v) is 6.47. The van der Waals surface area contributed by atoms with Crippen LogP contribution in [0.1, 0.15) is 22.3 Å². The maximum atomic E-state index is 12.6. The Bertz CT molecular complexity index is 948. The molecular weight excluding hydrogens is 378 g/mol. The van der Waals surface area contributed by atoms with E-state index in [0.717, 1.165) is 16.3 Å². The Morgan fingerprint density at radius 2 is 1.96 bits per heavy atom. The van der Waals surface area contributed by atoms with Gasteiger partial charge < -0.3 is 0 Å². The SMILES string of the molecule is Cc1cc(C)n(C(CNS(=O)(=O)c2ccc(Cl)cc2)c2cccs2)n1. The van der Waals surface area contributed by atoms with E-state index in [-0.39, 0.29) is 17.5 Å². The molecule has 0 saturated heterocycles. The summed E-state index contributed by atoms with van der Waals surface area (Å²) < 4.78 is 29.7. The highest BCUT2D eigenvalue weighted by atomic mass is 35.5. The summed E-state index contributed by atoms with van der Waals surface area (Å²) in [5.74, 6) is 0. The van der Waals surface area contributed by atoms with Crippen LogP contribution in [0.5, 0.6) is 0 Å². The molecule has 0 amide bonds. The minimum absolute atomic E-state index is 0.190. The molecule has 0 spiro atoms. The number of rotatable bonds is 6. The van der Waals surface area contributed by atoms with Crippen molar-refractivity contribution in [2.24, 2.45) is 0 Å². The topological polar surface area (TPSA) is 64.0 Å². The standard InChI is InChI=1S/C17H18ClN3O2S2/c1-12-10-13(2)21(20-12)16(17-4-3-9-24-17)11-19-25(22,23)15-7-5-14(18)6-8-15/h3-10,16,19H,11H2,1-2H3. The zero-order chi connectivity index (χ0) is 18.0. The van der Waals surface area contributed by atoms with Gasteiger partial charge in [0.25, 0.3) is 0 Å². The van der Waals surface area contributed by atoms with Gasteiger partial charge in [0.05, 0.1) is 16.6 Å². The van der Waals surface area contributed by atoms with Gasteiger partial charge in [-0.05, 0) is 55.6 Å². The summed E-state index contributed by atoms with van der Waals surface area (Å²) in [6, 6.07) is 11.8. The van der Waals surface area contributed by atoms with Gasteiger partial charge in [-0.25, -0.2) is 13.1 Å². The lowest BCUT2D eigenvalue weighted by atomic mass is 10.2. The number of thiophene rings is 1. The molecule has 0 fully saturated rings. The van der Waals surface area contributed by atoms with Crippen molar-refractivity contribution < 1.29 is 8.42 Å². The molecule has 3 rings (SSSR count). The Balaban J connectivity index is 1.86. The van der Waals surface area contributed by atoms with E-state index in [4.69, 9.17) is 11.6 Å². The molecule has 25 heavy (non-hydrogen) atoms. The van der Waals surface area contributed by atoms with Crippen LogP contribution in [0.3, 0.4) is 0 Å². The lowest BCUT2D eigenvalue weighted by Crippen LogP contribution is -2.32. The van der Waals surface area contributed by atoms with Crippen LogP contribution in [0.25, 0.3) is 0 Å². The van der Waals surface area contributed by atoms with E-state index in [2.05, 4.69) is 9.82 Å². The number of aromatic nitrogens is 2. The zero-order valence-electron chi connectivity index (χ0n) is 13.8. The van der Waals surface area contributed by atoms with Crippen molar-refractivity contribution in [3.8, 4) is 0 Å². The van der Waals surface area contributed by atoms with Gasteiger partial charge in [0.1, 0.15) is 0 Å². The predicted molar refractivity (Wildman–Crippen MR) is 101 cm³/mol. The van der Waals surface area contributed by atoms with Crippen LogP contribution >= 0.6 is 22.9 Å². The van der Waals surface area contributed by atoms with E-state index < -0.39 is 10.0 Å². The third-order valence-electron chi connectivity index (χ3n) is 3.80. The summed E-state index contributed by atoms with van der Waals surface area (Å²) >= 11 is 7.41. The fourth-order valence-electron chi connectivity index (χ4n) is 2.64. The largest absolute Gasteiger partial charge is 0.260 e. The average molecular weight is 396 g/mol. The van der Waals surface area contributed by atoms with Crippen molar-refractivity contribution in [1.82, 2.24) is 14.5 Å². The van der Waals surface area contributed by atoms with Crippen LogP contribution in [-0.2, 0) is 10.0 Å². The monoisotopic (exact) mass is 395 g/mol. The van der Waals surface area contributed by atoms with Crippen LogP contribution in [0.4, 0.5) is 0 Å². The molecule has 0 aliphatic rings. The summed E-state index contributed by atoms with van der Waals surface area (Å²) in [5.41, 5.74) is 1.89. The Labute approximate surface area is 156 Å². The Kier molecular flexibility index (Phi) is 5.29. The predicted octanol–water partition coefficient (Wildman–Crippen LogP) is 3.78. The minimum atomic E-state index is -3.62. The van der Waals surface area contributed by atoms with Crippen LogP contribution in [-0.4, -0.2) is 24.7 Å². The van der Waals surface area contributed by atoms with Crippen molar-refractivity contribution in [3.63, 3.8) is 0 Å². The van der Waals surface area contributed by atoms with Crippen LogP contribution in [0.15, 0.2) is 52.7 Å². The van der Waals surface area contributed by atoms with Gasteiger partial charge in [0, 0.05) is 22.1 Å². The van der Waals surface area contributed by atoms with Gasteiger partial charge >= 0.3 is 0 Å².